The van der Waals surface area contributed by atoms with Gasteiger partial charge in [-0.05, 0) is 48.7 Å². The Morgan fingerprint density at radius 3 is 2.71 bits per heavy atom. The van der Waals surface area contributed by atoms with Crippen LogP contribution in [0.2, 0.25) is 10.0 Å². The highest BCUT2D eigenvalue weighted by Crippen LogP contribution is 2.26. The zero-order chi connectivity index (χ0) is 15.2. The first kappa shape index (κ1) is 16.2. The lowest BCUT2D eigenvalue weighted by atomic mass is 9.99. The zero-order valence-corrected chi connectivity index (χ0v) is 13.3. The van der Waals surface area contributed by atoms with Crippen molar-refractivity contribution in [1.29, 1.82) is 0 Å². The molecule has 0 bridgehead atoms. The minimum absolute atomic E-state index is 0.0148. The quantitative estimate of drug-likeness (QED) is 0.823. The summed E-state index contributed by atoms with van der Waals surface area (Å²) < 4.78 is 13.6. The Morgan fingerprint density at radius 2 is 2.05 bits per heavy atom. The van der Waals surface area contributed by atoms with Gasteiger partial charge in [-0.25, -0.2) is 4.39 Å². The van der Waals surface area contributed by atoms with Gasteiger partial charge in [0.1, 0.15) is 5.82 Å². The van der Waals surface area contributed by atoms with E-state index >= 15 is 0 Å². The smallest absolute Gasteiger partial charge is 0.142 e. The maximum atomic E-state index is 13.6. The second-order valence-corrected chi connectivity index (χ2v) is 5.67. The molecule has 0 radical (unpaired) electrons. The number of aromatic nitrogens is 1. The number of nitrogens with one attached hydrogen (secondary N) is 1. The van der Waals surface area contributed by atoms with Gasteiger partial charge in [0.2, 0.25) is 0 Å². The number of benzene rings is 1. The number of hydrogen-bond acceptors (Lipinski definition) is 2. The van der Waals surface area contributed by atoms with Crippen molar-refractivity contribution in [3.05, 3.63) is 63.6 Å². The van der Waals surface area contributed by atoms with E-state index in [9.17, 15) is 4.39 Å². The predicted molar refractivity (Wildman–Crippen MR) is 85.4 cm³/mol. The Kier molecular flexibility index (Phi) is 5.97. The molecule has 2 nitrogen and oxygen atoms in total. The van der Waals surface area contributed by atoms with Crippen molar-refractivity contribution in [2.24, 2.45) is 0 Å². The van der Waals surface area contributed by atoms with Crippen LogP contribution in [0.25, 0.3) is 0 Å². The lowest BCUT2D eigenvalue weighted by Crippen LogP contribution is -2.24. The summed E-state index contributed by atoms with van der Waals surface area (Å²) in [6.45, 7) is 2.96. The Bertz CT molecular complexity index is 605. The minimum Gasteiger partial charge on any atom is -0.310 e. The molecule has 0 fully saturated rings. The molecule has 0 aliphatic heterocycles. The summed E-state index contributed by atoms with van der Waals surface area (Å²) in [5, 5.41) is 4.19. The molecule has 1 heterocycles. The largest absolute Gasteiger partial charge is 0.310 e. The third-order valence-corrected chi connectivity index (χ3v) is 3.87. The van der Waals surface area contributed by atoms with Crippen LogP contribution in [-0.4, -0.2) is 11.5 Å². The first-order valence-electron chi connectivity index (χ1n) is 6.88. The Labute approximate surface area is 134 Å². The van der Waals surface area contributed by atoms with Gasteiger partial charge >= 0.3 is 0 Å². The van der Waals surface area contributed by atoms with E-state index in [0.29, 0.717) is 11.4 Å². The summed E-state index contributed by atoms with van der Waals surface area (Å²) in [5.41, 5.74) is 1.84. The Hall–Kier alpha value is -1.16. The summed E-state index contributed by atoms with van der Waals surface area (Å²) >= 11 is 11.9. The molecule has 1 unspecified atom stereocenters. The fraction of sp³-hybridized carbons (Fsp3) is 0.312. The molecule has 1 aromatic heterocycles. The van der Waals surface area contributed by atoms with E-state index in [0.717, 1.165) is 24.1 Å². The normalized spacial score (nSPS) is 12.4. The van der Waals surface area contributed by atoms with Crippen LogP contribution in [0.3, 0.4) is 0 Å². The molecule has 21 heavy (non-hydrogen) atoms. The topological polar surface area (TPSA) is 24.9 Å². The molecule has 0 saturated heterocycles. The second-order valence-electron chi connectivity index (χ2n) is 4.86. The Balaban J connectivity index is 2.24. The summed E-state index contributed by atoms with van der Waals surface area (Å²) in [6, 6.07) is 6.79. The van der Waals surface area contributed by atoms with Gasteiger partial charge in [0, 0.05) is 18.4 Å². The SMILES string of the molecule is CCCNC(Cc1ccc(Cl)c(F)c1)c1ccncc1Cl. The van der Waals surface area contributed by atoms with Gasteiger partial charge < -0.3 is 5.32 Å². The van der Waals surface area contributed by atoms with Crippen LogP contribution in [0.5, 0.6) is 0 Å². The van der Waals surface area contributed by atoms with Crippen molar-refractivity contribution in [3.63, 3.8) is 0 Å². The maximum Gasteiger partial charge on any atom is 0.142 e. The highest BCUT2D eigenvalue weighted by Gasteiger charge is 2.15. The van der Waals surface area contributed by atoms with Crippen molar-refractivity contribution in [2.75, 3.05) is 6.54 Å². The molecular formula is C16H17Cl2FN2. The van der Waals surface area contributed by atoms with Gasteiger partial charge in [-0.3, -0.25) is 4.98 Å². The summed E-state index contributed by atoms with van der Waals surface area (Å²) in [4.78, 5) is 4.00. The third-order valence-electron chi connectivity index (χ3n) is 3.24. The molecule has 0 saturated carbocycles. The average Bonchev–Trinajstić information content (AvgIpc) is 2.48. The molecule has 0 amide bonds. The summed E-state index contributed by atoms with van der Waals surface area (Å²) in [7, 11) is 0. The number of halogens is 3. The third kappa shape index (κ3) is 4.40. The minimum atomic E-state index is -0.399. The number of hydrogen-bond donors (Lipinski definition) is 1. The number of nitrogens with zero attached hydrogens (tertiary/aromatic N) is 1. The average molecular weight is 327 g/mol. The van der Waals surface area contributed by atoms with Crippen molar-refractivity contribution in [1.82, 2.24) is 10.3 Å². The van der Waals surface area contributed by atoms with Crippen LogP contribution in [0.15, 0.2) is 36.7 Å². The molecule has 1 N–H and O–H groups in total. The first-order chi connectivity index (χ1) is 10.1. The van der Waals surface area contributed by atoms with E-state index in [1.165, 1.54) is 6.07 Å². The highest BCUT2D eigenvalue weighted by molar-refractivity contribution is 6.31. The molecule has 0 spiro atoms. The van der Waals surface area contributed by atoms with E-state index in [1.54, 1.807) is 18.5 Å². The highest BCUT2D eigenvalue weighted by atomic mass is 35.5. The standard InChI is InChI=1S/C16H17Cl2FN2/c1-2-6-21-16(12-5-7-20-10-14(12)18)9-11-3-4-13(17)15(19)8-11/h3-5,7-8,10,16,21H,2,6,9H2,1H3. The van der Waals surface area contributed by atoms with E-state index < -0.39 is 5.82 Å². The molecule has 5 heteroatoms. The van der Waals surface area contributed by atoms with E-state index in [2.05, 4.69) is 17.2 Å². The summed E-state index contributed by atoms with van der Waals surface area (Å²) in [5.74, 6) is -0.399. The first-order valence-corrected chi connectivity index (χ1v) is 7.64. The van der Waals surface area contributed by atoms with Gasteiger partial charge in [0.25, 0.3) is 0 Å². The van der Waals surface area contributed by atoms with Crippen LogP contribution in [-0.2, 0) is 6.42 Å². The van der Waals surface area contributed by atoms with Gasteiger partial charge in [-0.1, -0.05) is 36.2 Å². The van der Waals surface area contributed by atoms with Crippen LogP contribution in [0, 0.1) is 5.82 Å². The van der Waals surface area contributed by atoms with Crippen LogP contribution < -0.4 is 5.32 Å². The lowest BCUT2D eigenvalue weighted by molar-refractivity contribution is 0.527. The number of pyridine rings is 1. The zero-order valence-electron chi connectivity index (χ0n) is 11.7. The lowest BCUT2D eigenvalue weighted by Gasteiger charge is -2.20. The van der Waals surface area contributed by atoms with Crippen molar-refractivity contribution in [3.8, 4) is 0 Å². The molecule has 2 aromatic rings. The molecule has 112 valence electrons. The monoisotopic (exact) mass is 326 g/mol. The fourth-order valence-electron chi connectivity index (χ4n) is 2.18. The second kappa shape index (κ2) is 7.74. The maximum absolute atomic E-state index is 13.6. The van der Waals surface area contributed by atoms with E-state index in [1.807, 2.05) is 12.1 Å². The van der Waals surface area contributed by atoms with Gasteiger partial charge in [-0.2, -0.15) is 0 Å². The number of rotatable bonds is 6. The van der Waals surface area contributed by atoms with Crippen LogP contribution in [0.1, 0.15) is 30.5 Å². The molecular weight excluding hydrogens is 310 g/mol. The van der Waals surface area contributed by atoms with E-state index in [-0.39, 0.29) is 11.1 Å². The van der Waals surface area contributed by atoms with Gasteiger partial charge in [0.05, 0.1) is 10.0 Å². The molecule has 1 aromatic carbocycles. The molecule has 2 rings (SSSR count). The van der Waals surface area contributed by atoms with Crippen molar-refractivity contribution in [2.45, 2.75) is 25.8 Å². The molecule has 1 atom stereocenters. The predicted octanol–water partition coefficient (Wildman–Crippen LogP) is 4.81. The summed E-state index contributed by atoms with van der Waals surface area (Å²) in [6.07, 6.45) is 4.98. The van der Waals surface area contributed by atoms with Gasteiger partial charge in [0.15, 0.2) is 0 Å². The molecule has 0 aliphatic rings. The Morgan fingerprint density at radius 1 is 1.24 bits per heavy atom. The van der Waals surface area contributed by atoms with E-state index in [4.69, 9.17) is 23.2 Å². The fourth-order valence-corrected chi connectivity index (χ4v) is 2.55. The van der Waals surface area contributed by atoms with Gasteiger partial charge in [-0.15, -0.1) is 0 Å². The van der Waals surface area contributed by atoms with Crippen molar-refractivity contribution >= 4 is 23.2 Å². The molecule has 0 aliphatic carbocycles. The van der Waals surface area contributed by atoms with Crippen molar-refractivity contribution < 1.29 is 4.39 Å². The van der Waals surface area contributed by atoms with Crippen LogP contribution >= 0.6 is 23.2 Å². The van der Waals surface area contributed by atoms with Crippen LogP contribution in [0.4, 0.5) is 4.39 Å².